The maximum Gasteiger partial charge on any atom is 0.262 e. The SMILES string of the molecule is CCc1cc(Br)ccc1S(=O)(=O)Nc1ccc(Cl)c(OCCN(C)C)c1. The maximum atomic E-state index is 12.8. The van der Waals surface area contributed by atoms with Gasteiger partial charge in [0, 0.05) is 17.1 Å². The molecule has 0 spiro atoms. The standard InChI is InChI=1S/C18H22BrClN2O3S/c1-4-13-11-14(19)5-8-18(13)26(23,24)21-15-6-7-16(20)17(12-15)25-10-9-22(2)3/h5-8,11-12,21H,4,9-10H2,1-3H3. The van der Waals surface area contributed by atoms with E-state index in [2.05, 4.69) is 20.7 Å². The molecule has 0 aliphatic carbocycles. The highest BCUT2D eigenvalue weighted by Crippen LogP contribution is 2.30. The summed E-state index contributed by atoms with van der Waals surface area (Å²) in [5.41, 5.74) is 1.14. The number of rotatable bonds is 8. The lowest BCUT2D eigenvalue weighted by Gasteiger charge is -2.15. The Kier molecular flexibility index (Phi) is 7.34. The van der Waals surface area contributed by atoms with Crippen LogP contribution in [0.4, 0.5) is 5.69 Å². The molecule has 1 N–H and O–H groups in total. The Hall–Kier alpha value is -1.28. The van der Waals surface area contributed by atoms with Gasteiger partial charge in [-0.2, -0.15) is 0 Å². The van der Waals surface area contributed by atoms with Gasteiger partial charge in [0.1, 0.15) is 12.4 Å². The van der Waals surface area contributed by atoms with Gasteiger partial charge in [0.2, 0.25) is 0 Å². The Morgan fingerprint density at radius 2 is 1.92 bits per heavy atom. The number of hydrogen-bond acceptors (Lipinski definition) is 4. The number of anilines is 1. The molecule has 0 fully saturated rings. The maximum absolute atomic E-state index is 12.8. The lowest BCUT2D eigenvalue weighted by atomic mass is 10.2. The minimum Gasteiger partial charge on any atom is -0.491 e. The molecule has 2 aromatic carbocycles. The first-order chi connectivity index (χ1) is 12.2. The van der Waals surface area contributed by atoms with E-state index < -0.39 is 10.0 Å². The highest BCUT2D eigenvalue weighted by Gasteiger charge is 2.19. The highest BCUT2D eigenvalue weighted by molar-refractivity contribution is 9.10. The van der Waals surface area contributed by atoms with Crippen LogP contribution in [-0.4, -0.2) is 40.6 Å². The van der Waals surface area contributed by atoms with Crippen molar-refractivity contribution in [2.24, 2.45) is 0 Å². The molecule has 0 atom stereocenters. The lowest BCUT2D eigenvalue weighted by Crippen LogP contribution is -2.19. The molecule has 2 aromatic rings. The topological polar surface area (TPSA) is 58.6 Å². The first kappa shape index (κ1) is 21.0. The molecule has 0 unspecified atom stereocenters. The summed E-state index contributed by atoms with van der Waals surface area (Å²) in [6.45, 7) is 3.10. The van der Waals surface area contributed by atoms with E-state index in [0.29, 0.717) is 29.5 Å². The summed E-state index contributed by atoms with van der Waals surface area (Å²) >= 11 is 9.52. The number of nitrogens with one attached hydrogen (secondary N) is 1. The van der Waals surface area contributed by atoms with Crippen molar-refractivity contribution in [3.8, 4) is 5.75 Å². The van der Waals surface area contributed by atoms with Crippen molar-refractivity contribution in [3.63, 3.8) is 0 Å². The van der Waals surface area contributed by atoms with Crippen LogP contribution < -0.4 is 9.46 Å². The molecule has 142 valence electrons. The summed E-state index contributed by atoms with van der Waals surface area (Å²) in [5.74, 6) is 0.445. The van der Waals surface area contributed by atoms with Gasteiger partial charge in [0.05, 0.1) is 15.6 Å². The molecule has 0 amide bonds. The predicted molar refractivity (Wildman–Crippen MR) is 110 cm³/mol. The molecule has 0 saturated carbocycles. The molecule has 8 heteroatoms. The third-order valence-electron chi connectivity index (χ3n) is 3.67. The quantitative estimate of drug-likeness (QED) is 0.633. The fourth-order valence-electron chi connectivity index (χ4n) is 2.31. The fraction of sp³-hybridized carbons (Fsp3) is 0.333. The van der Waals surface area contributed by atoms with Crippen molar-refractivity contribution in [1.82, 2.24) is 4.90 Å². The van der Waals surface area contributed by atoms with E-state index >= 15 is 0 Å². The molecule has 2 rings (SSSR count). The molecule has 0 bridgehead atoms. The van der Waals surface area contributed by atoms with Crippen LogP contribution in [0.25, 0.3) is 0 Å². The normalized spacial score (nSPS) is 11.6. The first-order valence-corrected chi connectivity index (χ1v) is 10.8. The van der Waals surface area contributed by atoms with E-state index in [9.17, 15) is 8.42 Å². The fourth-order valence-corrected chi connectivity index (χ4v) is 4.24. The van der Waals surface area contributed by atoms with Crippen LogP contribution in [0.15, 0.2) is 45.8 Å². The second kappa shape index (κ2) is 9.08. The number of ether oxygens (including phenoxy) is 1. The zero-order valence-electron chi connectivity index (χ0n) is 14.9. The first-order valence-electron chi connectivity index (χ1n) is 8.11. The summed E-state index contributed by atoms with van der Waals surface area (Å²) in [7, 11) is 0.173. The van der Waals surface area contributed by atoms with Gasteiger partial charge in [0.15, 0.2) is 0 Å². The van der Waals surface area contributed by atoms with Crippen molar-refractivity contribution in [1.29, 1.82) is 0 Å². The molecule has 0 aliphatic heterocycles. The van der Waals surface area contributed by atoms with Crippen LogP contribution in [-0.2, 0) is 16.4 Å². The summed E-state index contributed by atoms with van der Waals surface area (Å²) in [6.07, 6.45) is 0.606. The molecule has 0 aromatic heterocycles. The molecule has 0 aliphatic rings. The second-order valence-electron chi connectivity index (χ2n) is 6.01. The van der Waals surface area contributed by atoms with Crippen molar-refractivity contribution in [3.05, 3.63) is 51.5 Å². The molecule has 0 heterocycles. The van der Waals surface area contributed by atoms with Crippen LogP contribution in [0.3, 0.4) is 0 Å². The van der Waals surface area contributed by atoms with Crippen LogP contribution in [0.1, 0.15) is 12.5 Å². The van der Waals surface area contributed by atoms with Crippen molar-refractivity contribution in [2.45, 2.75) is 18.2 Å². The van der Waals surface area contributed by atoms with Gasteiger partial charge in [-0.1, -0.05) is 34.5 Å². The van der Waals surface area contributed by atoms with Crippen molar-refractivity contribution >= 4 is 43.2 Å². The zero-order valence-corrected chi connectivity index (χ0v) is 18.1. The number of halogens is 2. The Morgan fingerprint density at radius 1 is 1.19 bits per heavy atom. The second-order valence-corrected chi connectivity index (χ2v) is 8.98. The summed E-state index contributed by atoms with van der Waals surface area (Å²) in [4.78, 5) is 2.24. The summed E-state index contributed by atoms with van der Waals surface area (Å²) in [5, 5.41) is 0.435. The predicted octanol–water partition coefficient (Wildman–Crippen LogP) is 4.41. The van der Waals surface area contributed by atoms with Gasteiger partial charge >= 0.3 is 0 Å². The number of benzene rings is 2. The van der Waals surface area contributed by atoms with Gasteiger partial charge in [-0.15, -0.1) is 0 Å². The van der Waals surface area contributed by atoms with E-state index in [1.807, 2.05) is 32.0 Å². The molecule has 5 nitrogen and oxygen atoms in total. The largest absolute Gasteiger partial charge is 0.491 e. The smallest absolute Gasteiger partial charge is 0.262 e. The Morgan fingerprint density at radius 3 is 2.58 bits per heavy atom. The molecular formula is C18H22BrClN2O3S. The van der Waals surface area contributed by atoms with Gasteiger partial charge in [0.25, 0.3) is 10.0 Å². The van der Waals surface area contributed by atoms with E-state index in [-0.39, 0.29) is 4.90 Å². The van der Waals surface area contributed by atoms with E-state index in [4.69, 9.17) is 16.3 Å². The third kappa shape index (κ3) is 5.61. The number of sulfonamides is 1. The molecule has 0 saturated heterocycles. The van der Waals surface area contributed by atoms with E-state index in [0.717, 1.165) is 16.6 Å². The Balaban J connectivity index is 2.24. The van der Waals surface area contributed by atoms with Crippen LogP contribution >= 0.6 is 27.5 Å². The number of aryl methyl sites for hydroxylation is 1. The minimum absolute atomic E-state index is 0.258. The monoisotopic (exact) mass is 460 g/mol. The lowest BCUT2D eigenvalue weighted by molar-refractivity contribution is 0.261. The van der Waals surface area contributed by atoms with Gasteiger partial charge < -0.3 is 9.64 Å². The van der Waals surface area contributed by atoms with Crippen LogP contribution in [0.2, 0.25) is 5.02 Å². The van der Waals surface area contributed by atoms with Crippen LogP contribution in [0.5, 0.6) is 5.75 Å². The molecule has 26 heavy (non-hydrogen) atoms. The van der Waals surface area contributed by atoms with Gasteiger partial charge in [-0.25, -0.2) is 8.42 Å². The van der Waals surface area contributed by atoms with Gasteiger partial charge in [-0.3, -0.25) is 4.72 Å². The zero-order chi connectivity index (χ0) is 19.3. The van der Waals surface area contributed by atoms with Crippen molar-refractivity contribution < 1.29 is 13.2 Å². The third-order valence-corrected chi connectivity index (χ3v) is 5.96. The van der Waals surface area contributed by atoms with E-state index in [1.165, 1.54) is 0 Å². The number of likely N-dealkylation sites (N-methyl/N-ethyl adjacent to an activating group) is 1. The average molecular weight is 462 g/mol. The highest BCUT2D eigenvalue weighted by atomic mass is 79.9. The Labute approximate surface area is 168 Å². The number of nitrogens with zero attached hydrogens (tertiary/aromatic N) is 1. The molecular weight excluding hydrogens is 440 g/mol. The number of hydrogen-bond donors (Lipinski definition) is 1. The van der Waals surface area contributed by atoms with E-state index in [1.54, 1.807) is 30.3 Å². The van der Waals surface area contributed by atoms with Crippen LogP contribution in [0, 0.1) is 0 Å². The summed E-state index contributed by atoms with van der Waals surface area (Å²) < 4.78 is 34.7. The Bertz CT molecular complexity index is 873. The summed E-state index contributed by atoms with van der Waals surface area (Å²) in [6, 6.07) is 9.95. The van der Waals surface area contributed by atoms with Gasteiger partial charge in [-0.05, 0) is 56.4 Å². The van der Waals surface area contributed by atoms with Crippen molar-refractivity contribution in [2.75, 3.05) is 32.0 Å². The average Bonchev–Trinajstić information content (AvgIpc) is 2.56. The minimum atomic E-state index is -3.71. The molecule has 0 radical (unpaired) electrons.